The van der Waals surface area contributed by atoms with Gasteiger partial charge < -0.3 is 4.74 Å². The topological polar surface area (TPSA) is 80.3 Å². The van der Waals surface area contributed by atoms with Gasteiger partial charge in [-0.1, -0.05) is 11.8 Å². The second kappa shape index (κ2) is 3.58. The Morgan fingerprint density at radius 3 is 3.07 bits per heavy atom. The molecule has 76 valence electrons. The smallest absolute Gasteiger partial charge is 0.339 e. The van der Waals surface area contributed by atoms with Crippen molar-refractivity contribution >= 4 is 11.8 Å². The lowest BCUT2D eigenvalue weighted by Gasteiger charge is -2.03. The summed E-state index contributed by atoms with van der Waals surface area (Å²) in [5.41, 5.74) is -1.44. The fraction of sp³-hybridized carbons (Fsp3) is 0.571. The number of ether oxygens (including phenoxy) is 1. The molecule has 1 atom stereocenters. The average molecular weight is 215 g/mol. The number of hydrogen-bond donors (Lipinski definition) is 1. The van der Waals surface area contributed by atoms with E-state index in [1.165, 1.54) is 16.4 Å². The second-order valence-corrected chi connectivity index (χ2v) is 3.95. The molecule has 6 nitrogen and oxygen atoms in total. The zero-order valence-corrected chi connectivity index (χ0v) is 8.34. The minimum Gasteiger partial charge on any atom is -0.372 e. The van der Waals surface area contributed by atoms with Crippen molar-refractivity contribution in [2.24, 2.45) is 7.05 Å². The van der Waals surface area contributed by atoms with Gasteiger partial charge in [0.1, 0.15) is 0 Å². The molecule has 0 bridgehead atoms. The summed E-state index contributed by atoms with van der Waals surface area (Å²) in [5, 5.41) is 2.88. The van der Waals surface area contributed by atoms with E-state index in [0.29, 0.717) is 5.16 Å². The molecule has 0 aromatic carbocycles. The van der Waals surface area contributed by atoms with Gasteiger partial charge in [0.05, 0.1) is 12.7 Å². The summed E-state index contributed by atoms with van der Waals surface area (Å²) in [6, 6.07) is 0. The van der Waals surface area contributed by atoms with E-state index in [0.717, 1.165) is 12.4 Å². The van der Waals surface area contributed by atoms with Crippen LogP contribution in [0.2, 0.25) is 0 Å². The summed E-state index contributed by atoms with van der Waals surface area (Å²) in [4.78, 5) is 25.4. The van der Waals surface area contributed by atoms with Crippen LogP contribution in [-0.4, -0.2) is 33.2 Å². The van der Waals surface area contributed by atoms with Crippen LogP contribution in [0.4, 0.5) is 0 Å². The van der Waals surface area contributed by atoms with Gasteiger partial charge in [-0.25, -0.2) is 0 Å². The highest BCUT2D eigenvalue weighted by Gasteiger charge is 2.23. The van der Waals surface area contributed by atoms with Crippen LogP contribution in [-0.2, 0) is 11.8 Å². The summed E-state index contributed by atoms with van der Waals surface area (Å²) in [6.45, 7) is 0.768. The Kier molecular flexibility index (Phi) is 2.42. The first-order valence-electron chi connectivity index (χ1n) is 4.08. The Morgan fingerprint density at radius 2 is 2.43 bits per heavy atom. The third-order valence-electron chi connectivity index (χ3n) is 1.75. The number of nitrogens with zero attached hydrogens (tertiary/aromatic N) is 2. The van der Waals surface area contributed by atoms with Crippen LogP contribution in [0, 0.1) is 0 Å². The molecule has 2 rings (SSSR count). The van der Waals surface area contributed by atoms with Crippen molar-refractivity contribution in [1.82, 2.24) is 14.8 Å². The van der Waals surface area contributed by atoms with Crippen molar-refractivity contribution in [3.8, 4) is 0 Å². The largest absolute Gasteiger partial charge is 0.372 e. The number of epoxide rings is 1. The number of H-pyrrole nitrogens is 1. The lowest BCUT2D eigenvalue weighted by Crippen LogP contribution is -2.33. The molecule has 0 amide bonds. The number of aromatic nitrogens is 3. The van der Waals surface area contributed by atoms with Crippen LogP contribution in [0.5, 0.6) is 0 Å². The van der Waals surface area contributed by atoms with Gasteiger partial charge in [-0.05, 0) is 0 Å². The van der Waals surface area contributed by atoms with Gasteiger partial charge in [0.15, 0.2) is 5.16 Å². The van der Waals surface area contributed by atoms with E-state index in [1.54, 1.807) is 7.05 Å². The minimum atomic E-state index is -0.748. The number of thioether (sulfide) groups is 1. The highest BCUT2D eigenvalue weighted by molar-refractivity contribution is 7.99. The Labute approximate surface area is 83.3 Å². The normalized spacial score (nSPS) is 19.6. The SMILES string of the molecule is Cn1[nH]c(=O)c(=O)nc1SCC1CO1. The zero-order valence-electron chi connectivity index (χ0n) is 7.52. The lowest BCUT2D eigenvalue weighted by molar-refractivity contribution is 0.426. The van der Waals surface area contributed by atoms with Gasteiger partial charge in [0, 0.05) is 12.8 Å². The van der Waals surface area contributed by atoms with Crippen molar-refractivity contribution < 1.29 is 4.74 Å². The predicted octanol–water partition coefficient (Wildman–Crippen LogP) is -1.04. The first kappa shape index (κ1) is 9.47. The Balaban J connectivity index is 2.19. The van der Waals surface area contributed by atoms with Gasteiger partial charge in [0.2, 0.25) is 0 Å². The van der Waals surface area contributed by atoms with Crippen LogP contribution in [0.15, 0.2) is 14.7 Å². The summed E-state index contributed by atoms with van der Waals surface area (Å²) < 4.78 is 6.46. The molecule has 1 N–H and O–H groups in total. The van der Waals surface area contributed by atoms with Crippen LogP contribution in [0.25, 0.3) is 0 Å². The van der Waals surface area contributed by atoms with Crippen LogP contribution >= 0.6 is 11.8 Å². The molecule has 1 aliphatic rings. The molecule has 0 aliphatic carbocycles. The Bertz CT molecular complexity index is 448. The van der Waals surface area contributed by atoms with E-state index in [4.69, 9.17) is 4.74 Å². The summed E-state index contributed by atoms with van der Waals surface area (Å²) >= 11 is 1.40. The number of rotatable bonds is 3. The first-order chi connectivity index (χ1) is 6.66. The van der Waals surface area contributed by atoms with Crippen LogP contribution in [0.1, 0.15) is 0 Å². The van der Waals surface area contributed by atoms with Gasteiger partial charge in [-0.3, -0.25) is 19.4 Å². The fourth-order valence-corrected chi connectivity index (χ4v) is 1.84. The molecule has 1 unspecified atom stereocenters. The van der Waals surface area contributed by atoms with Crippen molar-refractivity contribution in [3.63, 3.8) is 0 Å². The molecule has 0 saturated carbocycles. The molecule has 1 aliphatic heterocycles. The molecule has 0 radical (unpaired) electrons. The number of aromatic amines is 1. The molecule has 7 heteroatoms. The summed E-state index contributed by atoms with van der Waals surface area (Å²) in [7, 11) is 1.64. The van der Waals surface area contributed by atoms with Crippen molar-refractivity contribution in [2.45, 2.75) is 11.3 Å². The van der Waals surface area contributed by atoms with E-state index >= 15 is 0 Å². The maximum Gasteiger partial charge on any atom is 0.339 e. The van der Waals surface area contributed by atoms with Crippen molar-refractivity contribution in [1.29, 1.82) is 0 Å². The van der Waals surface area contributed by atoms with Gasteiger partial charge in [-0.15, -0.1) is 0 Å². The average Bonchev–Trinajstić information content (AvgIpc) is 2.92. The lowest BCUT2D eigenvalue weighted by atomic mass is 10.6. The van der Waals surface area contributed by atoms with E-state index in [1.807, 2.05) is 0 Å². The van der Waals surface area contributed by atoms with Gasteiger partial charge in [0.25, 0.3) is 0 Å². The van der Waals surface area contributed by atoms with E-state index in [2.05, 4.69) is 10.1 Å². The monoisotopic (exact) mass is 215 g/mol. The molecule has 1 fully saturated rings. The van der Waals surface area contributed by atoms with Crippen LogP contribution < -0.4 is 11.1 Å². The van der Waals surface area contributed by atoms with Crippen LogP contribution in [0.3, 0.4) is 0 Å². The number of nitrogens with one attached hydrogen (secondary N) is 1. The quantitative estimate of drug-likeness (QED) is 0.396. The summed E-state index contributed by atoms with van der Waals surface area (Å²) in [5.74, 6) is 0.756. The van der Waals surface area contributed by atoms with Gasteiger partial charge in [-0.2, -0.15) is 4.98 Å². The number of aryl methyl sites for hydroxylation is 1. The van der Waals surface area contributed by atoms with Crippen molar-refractivity contribution in [2.75, 3.05) is 12.4 Å². The van der Waals surface area contributed by atoms with Gasteiger partial charge >= 0.3 is 11.1 Å². The molecule has 14 heavy (non-hydrogen) atoms. The zero-order chi connectivity index (χ0) is 10.1. The predicted molar refractivity (Wildman–Crippen MR) is 50.6 cm³/mol. The molecule has 0 spiro atoms. The van der Waals surface area contributed by atoms with Crippen molar-refractivity contribution in [3.05, 3.63) is 20.7 Å². The van der Waals surface area contributed by atoms with E-state index in [-0.39, 0.29) is 6.10 Å². The first-order valence-corrected chi connectivity index (χ1v) is 5.07. The molecule has 1 aromatic rings. The minimum absolute atomic E-state index is 0.267. The number of hydrogen-bond acceptors (Lipinski definition) is 5. The Morgan fingerprint density at radius 1 is 1.71 bits per heavy atom. The third kappa shape index (κ3) is 2.05. The fourth-order valence-electron chi connectivity index (χ4n) is 0.921. The third-order valence-corrected chi connectivity index (χ3v) is 2.91. The summed E-state index contributed by atoms with van der Waals surface area (Å²) in [6.07, 6.45) is 0.267. The molecular formula is C7H9N3O3S. The highest BCUT2D eigenvalue weighted by Crippen LogP contribution is 2.20. The Hall–Kier alpha value is -1.08. The highest BCUT2D eigenvalue weighted by atomic mass is 32.2. The van der Waals surface area contributed by atoms with E-state index < -0.39 is 11.1 Å². The maximum absolute atomic E-state index is 10.9. The molecule has 2 heterocycles. The molecular weight excluding hydrogens is 206 g/mol. The second-order valence-electron chi connectivity index (χ2n) is 2.97. The molecule has 1 aromatic heterocycles. The molecule has 1 saturated heterocycles. The standard InChI is InChI=1S/C7H9N3O3S/c1-10-7(14-3-4-2-13-4)8-5(11)6(12)9-10/h4H,2-3H2,1H3,(H,9,12). The maximum atomic E-state index is 10.9. The van der Waals surface area contributed by atoms with E-state index in [9.17, 15) is 9.59 Å².